The van der Waals surface area contributed by atoms with Gasteiger partial charge in [0.25, 0.3) is 5.76 Å². The van der Waals surface area contributed by atoms with E-state index < -0.39 is 5.76 Å². The Morgan fingerprint density at radius 1 is 1.24 bits per heavy atom. The van der Waals surface area contributed by atoms with Gasteiger partial charge in [0.2, 0.25) is 0 Å². The lowest BCUT2D eigenvalue weighted by Crippen LogP contribution is -2.24. The van der Waals surface area contributed by atoms with Crippen LogP contribution in [0, 0.1) is 5.41 Å². The number of nitrogens with one attached hydrogen (secondary N) is 1. The molecule has 0 spiro atoms. The largest absolute Gasteiger partial charge is 0.382 e. The minimum atomic E-state index is -2.35. The Morgan fingerprint density at radius 3 is 2.29 bits per heavy atom. The van der Waals surface area contributed by atoms with Gasteiger partial charge in [-0.25, -0.2) is 0 Å². The number of halogens is 2. The van der Waals surface area contributed by atoms with E-state index in [1.807, 2.05) is 12.1 Å². The van der Waals surface area contributed by atoms with Gasteiger partial charge in [-0.2, -0.15) is 8.78 Å². The highest BCUT2D eigenvalue weighted by Crippen LogP contribution is 2.48. The smallest absolute Gasteiger partial charge is 0.288 e. The normalized spacial score (nSPS) is 19.1. The Labute approximate surface area is 105 Å². The molecule has 1 atom stereocenters. The Hall–Kier alpha value is -0.770. The molecule has 1 aromatic carbocycles. The number of alkyl halides is 2. The molecule has 0 aliphatic heterocycles. The third-order valence-corrected chi connectivity index (χ3v) is 4.27. The van der Waals surface area contributed by atoms with E-state index in [9.17, 15) is 8.78 Å². The van der Waals surface area contributed by atoms with E-state index in [2.05, 4.69) is 19.2 Å². The molecule has 1 N–H and O–H groups in total. The standard InChI is InChI=1S/C13H17F2NS/c1-9(13(2)7-8-13)16-10-3-5-11(6-4-10)17-12(14)15/h3-6,9,12,16H,7-8H2,1-2H3. The average molecular weight is 257 g/mol. The van der Waals surface area contributed by atoms with E-state index in [-0.39, 0.29) is 0 Å². The summed E-state index contributed by atoms with van der Waals surface area (Å²) in [5, 5.41) is 3.43. The van der Waals surface area contributed by atoms with Crippen molar-refractivity contribution in [1.82, 2.24) is 0 Å². The molecule has 1 aliphatic carbocycles. The van der Waals surface area contributed by atoms with E-state index in [0.29, 0.717) is 28.1 Å². The second kappa shape index (κ2) is 4.84. The van der Waals surface area contributed by atoms with Crippen LogP contribution in [0.5, 0.6) is 0 Å². The molecule has 4 heteroatoms. The number of hydrogen-bond acceptors (Lipinski definition) is 2. The molecular weight excluding hydrogens is 240 g/mol. The van der Waals surface area contributed by atoms with Gasteiger partial charge >= 0.3 is 0 Å². The highest BCUT2D eigenvalue weighted by atomic mass is 32.2. The summed E-state index contributed by atoms with van der Waals surface area (Å²) in [5.41, 5.74) is 1.42. The van der Waals surface area contributed by atoms with Crippen molar-refractivity contribution in [2.45, 2.75) is 43.4 Å². The van der Waals surface area contributed by atoms with Gasteiger partial charge in [-0.05, 0) is 49.4 Å². The highest BCUT2D eigenvalue weighted by molar-refractivity contribution is 7.99. The van der Waals surface area contributed by atoms with Crippen molar-refractivity contribution in [2.24, 2.45) is 5.41 Å². The van der Waals surface area contributed by atoms with E-state index in [1.54, 1.807) is 12.1 Å². The molecule has 94 valence electrons. The summed E-state index contributed by atoms with van der Waals surface area (Å²) in [6.07, 6.45) is 2.53. The highest BCUT2D eigenvalue weighted by Gasteiger charge is 2.42. The first-order valence-corrected chi connectivity index (χ1v) is 6.69. The van der Waals surface area contributed by atoms with Crippen LogP contribution in [0.25, 0.3) is 0 Å². The quantitative estimate of drug-likeness (QED) is 0.773. The molecule has 0 heterocycles. The van der Waals surface area contributed by atoms with Crippen LogP contribution < -0.4 is 5.32 Å². The Balaban J connectivity index is 1.93. The summed E-state index contributed by atoms with van der Waals surface area (Å²) in [7, 11) is 0. The Bertz CT molecular complexity index is 374. The van der Waals surface area contributed by atoms with Crippen LogP contribution in [0.1, 0.15) is 26.7 Å². The molecule has 1 nitrogen and oxygen atoms in total. The van der Waals surface area contributed by atoms with Crippen LogP contribution in [0.3, 0.4) is 0 Å². The first-order chi connectivity index (χ1) is 7.99. The molecular formula is C13H17F2NS. The van der Waals surface area contributed by atoms with Crippen LogP contribution in [0.15, 0.2) is 29.2 Å². The van der Waals surface area contributed by atoms with E-state index in [1.165, 1.54) is 12.8 Å². The van der Waals surface area contributed by atoms with E-state index >= 15 is 0 Å². The van der Waals surface area contributed by atoms with Crippen LogP contribution in [-0.4, -0.2) is 11.8 Å². The second-order valence-corrected chi connectivity index (χ2v) is 5.99. The maximum Gasteiger partial charge on any atom is 0.288 e. The summed E-state index contributed by atoms with van der Waals surface area (Å²) >= 11 is 0.583. The molecule has 0 radical (unpaired) electrons. The first-order valence-electron chi connectivity index (χ1n) is 5.81. The molecule has 0 aromatic heterocycles. The topological polar surface area (TPSA) is 12.0 Å². The van der Waals surface area contributed by atoms with Crippen molar-refractivity contribution in [3.63, 3.8) is 0 Å². The van der Waals surface area contributed by atoms with Gasteiger partial charge in [0.05, 0.1) is 0 Å². The number of anilines is 1. The zero-order chi connectivity index (χ0) is 12.5. The van der Waals surface area contributed by atoms with E-state index in [4.69, 9.17) is 0 Å². The second-order valence-electron chi connectivity index (χ2n) is 4.92. The van der Waals surface area contributed by atoms with Gasteiger partial charge in [-0.3, -0.25) is 0 Å². The number of thioether (sulfide) groups is 1. The fraction of sp³-hybridized carbons (Fsp3) is 0.538. The predicted octanol–water partition coefficient (Wildman–Crippen LogP) is 4.60. The van der Waals surface area contributed by atoms with Gasteiger partial charge in [0.1, 0.15) is 0 Å². The maximum absolute atomic E-state index is 12.1. The molecule has 1 aliphatic rings. The fourth-order valence-electron chi connectivity index (χ4n) is 1.79. The molecule has 17 heavy (non-hydrogen) atoms. The molecule has 0 amide bonds. The van der Waals surface area contributed by atoms with Crippen LogP contribution in [-0.2, 0) is 0 Å². The van der Waals surface area contributed by atoms with Gasteiger partial charge in [-0.15, -0.1) is 0 Å². The third kappa shape index (κ3) is 3.35. The predicted molar refractivity (Wildman–Crippen MR) is 68.7 cm³/mol. The molecule has 2 rings (SSSR count). The summed E-state index contributed by atoms with van der Waals surface area (Å²) in [5.74, 6) is -2.35. The van der Waals surface area contributed by atoms with Crippen molar-refractivity contribution in [2.75, 3.05) is 5.32 Å². The summed E-state index contributed by atoms with van der Waals surface area (Å²) in [6, 6.07) is 7.64. The van der Waals surface area contributed by atoms with Gasteiger partial charge in [0, 0.05) is 16.6 Å². The number of benzene rings is 1. The third-order valence-electron chi connectivity index (χ3n) is 3.55. The van der Waals surface area contributed by atoms with Gasteiger partial charge in [-0.1, -0.05) is 18.7 Å². The van der Waals surface area contributed by atoms with Crippen molar-refractivity contribution in [3.05, 3.63) is 24.3 Å². The monoisotopic (exact) mass is 257 g/mol. The van der Waals surface area contributed by atoms with Crippen LogP contribution in [0.2, 0.25) is 0 Å². The molecule has 1 unspecified atom stereocenters. The Kier molecular flexibility index (Phi) is 3.61. The molecule has 0 saturated heterocycles. The zero-order valence-corrected chi connectivity index (χ0v) is 10.9. The van der Waals surface area contributed by atoms with Crippen LogP contribution >= 0.6 is 11.8 Å². The fourth-order valence-corrected chi connectivity index (χ4v) is 2.29. The maximum atomic E-state index is 12.1. The number of rotatable bonds is 5. The van der Waals surface area contributed by atoms with Gasteiger partial charge < -0.3 is 5.32 Å². The summed E-state index contributed by atoms with van der Waals surface area (Å²) < 4.78 is 24.3. The molecule has 1 fully saturated rings. The number of hydrogen-bond donors (Lipinski definition) is 1. The zero-order valence-electron chi connectivity index (χ0n) is 10.0. The van der Waals surface area contributed by atoms with Crippen molar-refractivity contribution < 1.29 is 8.78 Å². The lowest BCUT2D eigenvalue weighted by atomic mass is 10.0. The minimum absolute atomic E-state index is 0.413. The lowest BCUT2D eigenvalue weighted by Gasteiger charge is -2.21. The van der Waals surface area contributed by atoms with E-state index in [0.717, 1.165) is 5.69 Å². The van der Waals surface area contributed by atoms with Gasteiger partial charge in [0.15, 0.2) is 0 Å². The Morgan fingerprint density at radius 2 is 1.82 bits per heavy atom. The van der Waals surface area contributed by atoms with Crippen molar-refractivity contribution >= 4 is 17.4 Å². The summed E-state index contributed by atoms with van der Waals surface area (Å²) in [4.78, 5) is 0.607. The van der Waals surface area contributed by atoms with Crippen molar-refractivity contribution in [1.29, 1.82) is 0 Å². The minimum Gasteiger partial charge on any atom is -0.382 e. The molecule has 0 bridgehead atoms. The summed E-state index contributed by atoms with van der Waals surface area (Å²) in [6.45, 7) is 4.44. The SMILES string of the molecule is CC(Nc1ccc(SC(F)F)cc1)C1(C)CC1. The van der Waals surface area contributed by atoms with Crippen molar-refractivity contribution in [3.8, 4) is 0 Å². The molecule has 1 aromatic rings. The first kappa shape index (κ1) is 12.7. The van der Waals surface area contributed by atoms with Crippen LogP contribution in [0.4, 0.5) is 14.5 Å². The molecule has 1 saturated carbocycles. The average Bonchev–Trinajstić information content (AvgIpc) is 3.00. The lowest BCUT2D eigenvalue weighted by molar-refractivity contribution is 0.252.